The molecule has 1 aromatic rings. The van der Waals surface area contributed by atoms with Crippen LogP contribution < -0.4 is 15.0 Å². The van der Waals surface area contributed by atoms with Crippen LogP contribution in [-0.4, -0.2) is 32.8 Å². The van der Waals surface area contributed by atoms with Crippen molar-refractivity contribution in [2.24, 2.45) is 0 Å². The molecule has 1 aromatic carbocycles. The van der Waals surface area contributed by atoms with Crippen molar-refractivity contribution >= 4 is 5.69 Å². The van der Waals surface area contributed by atoms with E-state index in [1.165, 1.54) is 0 Å². The lowest BCUT2D eigenvalue weighted by Crippen LogP contribution is -2.49. The van der Waals surface area contributed by atoms with Gasteiger partial charge in [0.25, 0.3) is 0 Å². The van der Waals surface area contributed by atoms with Gasteiger partial charge in [-0.15, -0.1) is 0 Å². The first-order valence-electron chi connectivity index (χ1n) is 5.81. The van der Waals surface area contributed by atoms with Gasteiger partial charge >= 0.3 is 0 Å². The molecule has 1 atom stereocenters. The van der Waals surface area contributed by atoms with Crippen LogP contribution in [0.15, 0.2) is 18.2 Å². The van der Waals surface area contributed by atoms with Gasteiger partial charge in [0.2, 0.25) is 0 Å². The number of hydrogen-bond donors (Lipinski definition) is 1. The quantitative estimate of drug-likeness (QED) is 0.835. The largest absolute Gasteiger partial charge is 0.497 e. The van der Waals surface area contributed by atoms with Crippen LogP contribution in [-0.2, 0) is 0 Å². The second kappa shape index (κ2) is 5.07. The highest BCUT2D eigenvalue weighted by atomic mass is 16.5. The Morgan fingerprint density at radius 3 is 3.00 bits per heavy atom. The standard InChI is InChI=1S/C13H17N3O/c1-10-9-16(6-5-15-10)13-7-12(17-2)4-3-11(13)8-14/h3-4,7,10,15H,5-6,9H2,1-2H3. The van der Waals surface area contributed by atoms with Crippen molar-refractivity contribution in [3.05, 3.63) is 23.8 Å². The number of piperazine rings is 1. The summed E-state index contributed by atoms with van der Waals surface area (Å²) in [5.74, 6) is 0.796. The third-order valence-electron chi connectivity index (χ3n) is 3.03. The number of methoxy groups -OCH3 is 1. The molecule has 0 aliphatic carbocycles. The van der Waals surface area contributed by atoms with E-state index >= 15 is 0 Å². The summed E-state index contributed by atoms with van der Waals surface area (Å²) in [7, 11) is 1.64. The summed E-state index contributed by atoms with van der Waals surface area (Å²) in [5, 5.41) is 12.5. The monoisotopic (exact) mass is 231 g/mol. The van der Waals surface area contributed by atoms with Gasteiger partial charge in [-0.1, -0.05) is 0 Å². The van der Waals surface area contributed by atoms with E-state index in [0.29, 0.717) is 11.6 Å². The molecular weight excluding hydrogens is 214 g/mol. The Balaban J connectivity index is 2.32. The predicted molar refractivity (Wildman–Crippen MR) is 67.4 cm³/mol. The van der Waals surface area contributed by atoms with Crippen molar-refractivity contribution < 1.29 is 4.74 Å². The smallest absolute Gasteiger partial charge is 0.121 e. The maximum absolute atomic E-state index is 9.15. The van der Waals surface area contributed by atoms with Gasteiger partial charge in [-0.25, -0.2) is 0 Å². The van der Waals surface area contributed by atoms with E-state index in [9.17, 15) is 0 Å². The summed E-state index contributed by atoms with van der Waals surface area (Å²) in [4.78, 5) is 2.24. The van der Waals surface area contributed by atoms with E-state index in [0.717, 1.165) is 31.1 Å². The van der Waals surface area contributed by atoms with Gasteiger partial charge in [0, 0.05) is 31.7 Å². The SMILES string of the molecule is COc1ccc(C#N)c(N2CCNC(C)C2)c1. The summed E-state index contributed by atoms with van der Waals surface area (Å²) >= 11 is 0. The first-order valence-corrected chi connectivity index (χ1v) is 5.81. The Bertz CT molecular complexity index is 439. The van der Waals surface area contributed by atoms with Crippen molar-refractivity contribution in [1.29, 1.82) is 5.26 Å². The molecule has 2 rings (SSSR count). The molecule has 0 saturated carbocycles. The molecule has 0 aromatic heterocycles. The zero-order chi connectivity index (χ0) is 12.3. The number of nitrogens with one attached hydrogen (secondary N) is 1. The number of nitrogens with zero attached hydrogens (tertiary/aromatic N) is 2. The molecule has 1 N–H and O–H groups in total. The molecule has 0 bridgehead atoms. The number of nitriles is 1. The third kappa shape index (κ3) is 2.51. The van der Waals surface area contributed by atoms with Crippen molar-refractivity contribution in [2.45, 2.75) is 13.0 Å². The fourth-order valence-electron chi connectivity index (χ4n) is 2.15. The third-order valence-corrected chi connectivity index (χ3v) is 3.03. The van der Waals surface area contributed by atoms with E-state index in [4.69, 9.17) is 10.00 Å². The number of ether oxygens (including phenoxy) is 1. The van der Waals surface area contributed by atoms with E-state index in [2.05, 4.69) is 23.2 Å². The van der Waals surface area contributed by atoms with Gasteiger partial charge in [0.1, 0.15) is 11.8 Å². The average molecular weight is 231 g/mol. The van der Waals surface area contributed by atoms with Crippen LogP contribution in [0.25, 0.3) is 0 Å². The minimum atomic E-state index is 0.446. The topological polar surface area (TPSA) is 48.3 Å². The molecule has 0 radical (unpaired) electrons. The fraction of sp³-hybridized carbons (Fsp3) is 0.462. The van der Waals surface area contributed by atoms with Crippen molar-refractivity contribution in [3.63, 3.8) is 0 Å². The summed E-state index contributed by atoms with van der Waals surface area (Å²) in [6, 6.07) is 8.28. The number of rotatable bonds is 2. The Morgan fingerprint density at radius 2 is 2.35 bits per heavy atom. The van der Waals surface area contributed by atoms with Crippen LogP contribution in [0, 0.1) is 11.3 Å². The molecule has 4 nitrogen and oxygen atoms in total. The molecule has 0 spiro atoms. The molecule has 90 valence electrons. The molecule has 1 saturated heterocycles. The van der Waals surface area contributed by atoms with E-state index in [1.807, 2.05) is 18.2 Å². The van der Waals surface area contributed by atoms with Gasteiger partial charge in [-0.2, -0.15) is 5.26 Å². The molecule has 4 heteroatoms. The Hall–Kier alpha value is -1.73. The lowest BCUT2D eigenvalue weighted by molar-refractivity contribution is 0.414. The Kier molecular flexibility index (Phi) is 3.50. The predicted octanol–water partition coefficient (Wildman–Crippen LogP) is 1.36. The van der Waals surface area contributed by atoms with E-state index in [1.54, 1.807) is 7.11 Å². The summed E-state index contributed by atoms with van der Waals surface area (Å²) in [6.07, 6.45) is 0. The van der Waals surface area contributed by atoms with Gasteiger partial charge in [-0.3, -0.25) is 0 Å². The minimum absolute atomic E-state index is 0.446. The average Bonchev–Trinajstić information content (AvgIpc) is 2.38. The van der Waals surface area contributed by atoms with Gasteiger partial charge in [0.05, 0.1) is 18.4 Å². The van der Waals surface area contributed by atoms with Gasteiger partial charge in [0.15, 0.2) is 0 Å². The van der Waals surface area contributed by atoms with Gasteiger partial charge in [-0.05, 0) is 19.1 Å². The highest BCUT2D eigenvalue weighted by Crippen LogP contribution is 2.26. The number of anilines is 1. The van der Waals surface area contributed by atoms with Crippen LogP contribution in [0.3, 0.4) is 0 Å². The van der Waals surface area contributed by atoms with Crippen molar-refractivity contribution in [3.8, 4) is 11.8 Å². The molecular formula is C13H17N3O. The Morgan fingerprint density at radius 1 is 1.53 bits per heavy atom. The molecule has 1 unspecified atom stereocenters. The van der Waals surface area contributed by atoms with Gasteiger partial charge < -0.3 is 15.0 Å². The van der Waals surface area contributed by atoms with Crippen molar-refractivity contribution in [1.82, 2.24) is 5.32 Å². The molecule has 1 aliphatic rings. The normalized spacial score (nSPS) is 19.8. The molecule has 1 aliphatic heterocycles. The second-order valence-corrected chi connectivity index (χ2v) is 4.30. The highest BCUT2D eigenvalue weighted by Gasteiger charge is 2.18. The van der Waals surface area contributed by atoms with Crippen LogP contribution in [0.2, 0.25) is 0 Å². The van der Waals surface area contributed by atoms with E-state index in [-0.39, 0.29) is 0 Å². The van der Waals surface area contributed by atoms with Crippen molar-refractivity contribution in [2.75, 3.05) is 31.6 Å². The molecule has 17 heavy (non-hydrogen) atoms. The first-order chi connectivity index (χ1) is 8.24. The van der Waals surface area contributed by atoms with Crippen LogP contribution >= 0.6 is 0 Å². The van der Waals surface area contributed by atoms with Crippen LogP contribution in [0.1, 0.15) is 12.5 Å². The Labute approximate surface area is 102 Å². The zero-order valence-electron chi connectivity index (χ0n) is 10.2. The summed E-state index contributed by atoms with van der Waals surface area (Å²) < 4.78 is 5.22. The zero-order valence-corrected chi connectivity index (χ0v) is 10.2. The van der Waals surface area contributed by atoms with Crippen LogP contribution in [0.4, 0.5) is 5.69 Å². The number of hydrogen-bond acceptors (Lipinski definition) is 4. The summed E-state index contributed by atoms with van der Waals surface area (Å²) in [5.41, 5.74) is 1.68. The lowest BCUT2D eigenvalue weighted by atomic mass is 10.1. The van der Waals surface area contributed by atoms with Crippen LogP contribution in [0.5, 0.6) is 5.75 Å². The molecule has 1 heterocycles. The maximum Gasteiger partial charge on any atom is 0.121 e. The second-order valence-electron chi connectivity index (χ2n) is 4.30. The minimum Gasteiger partial charge on any atom is -0.497 e. The summed E-state index contributed by atoms with van der Waals surface area (Å²) in [6.45, 7) is 4.94. The molecule has 1 fully saturated rings. The lowest BCUT2D eigenvalue weighted by Gasteiger charge is -2.34. The number of benzene rings is 1. The fourth-order valence-corrected chi connectivity index (χ4v) is 2.15. The first kappa shape index (κ1) is 11.7. The maximum atomic E-state index is 9.15. The molecule has 0 amide bonds. The highest BCUT2D eigenvalue weighted by molar-refractivity contribution is 5.62. The van der Waals surface area contributed by atoms with E-state index < -0.39 is 0 Å².